The highest BCUT2D eigenvalue weighted by molar-refractivity contribution is 5.86. The molecule has 1 N–H and O–H groups in total. The Kier molecular flexibility index (Phi) is 6.10. The van der Waals surface area contributed by atoms with E-state index >= 15 is 0 Å². The molecule has 126 valence electrons. The van der Waals surface area contributed by atoms with Crippen molar-refractivity contribution in [2.24, 2.45) is 0 Å². The third-order valence-corrected chi connectivity index (χ3v) is 4.21. The van der Waals surface area contributed by atoms with Crippen LogP contribution in [0.15, 0.2) is 24.3 Å². The van der Waals surface area contributed by atoms with E-state index in [4.69, 9.17) is 9.47 Å². The van der Waals surface area contributed by atoms with Gasteiger partial charge in [-0.3, -0.25) is 9.59 Å². The average molecular weight is 323 g/mol. The fraction of sp³-hybridized carbons (Fsp3) is 0.529. The van der Waals surface area contributed by atoms with E-state index in [9.17, 15) is 14.0 Å². The Morgan fingerprint density at radius 2 is 1.87 bits per heavy atom. The summed E-state index contributed by atoms with van der Waals surface area (Å²) in [7, 11) is 1.54. The Morgan fingerprint density at radius 3 is 2.48 bits per heavy atom. The lowest BCUT2D eigenvalue weighted by molar-refractivity contribution is -0.154. The van der Waals surface area contributed by atoms with E-state index in [1.54, 1.807) is 19.2 Å². The van der Waals surface area contributed by atoms with Crippen molar-refractivity contribution in [2.45, 2.75) is 31.1 Å². The number of amides is 1. The summed E-state index contributed by atoms with van der Waals surface area (Å²) in [6, 6.07) is 5.95. The van der Waals surface area contributed by atoms with Crippen LogP contribution >= 0.6 is 0 Å². The zero-order valence-electron chi connectivity index (χ0n) is 13.3. The molecule has 0 aromatic heterocycles. The zero-order chi connectivity index (χ0) is 16.7. The minimum absolute atomic E-state index is 0.314. The maximum Gasteiger partial charge on any atom is 0.317 e. The van der Waals surface area contributed by atoms with Crippen molar-refractivity contribution in [3.8, 4) is 0 Å². The van der Waals surface area contributed by atoms with Crippen LogP contribution < -0.4 is 5.32 Å². The van der Waals surface area contributed by atoms with Crippen LogP contribution in [0.4, 0.5) is 4.39 Å². The summed E-state index contributed by atoms with van der Waals surface area (Å²) >= 11 is 0. The topological polar surface area (TPSA) is 64.6 Å². The lowest BCUT2D eigenvalue weighted by Gasteiger charge is -2.27. The van der Waals surface area contributed by atoms with Gasteiger partial charge >= 0.3 is 5.97 Å². The number of hydrogen-bond donors (Lipinski definition) is 1. The fourth-order valence-electron chi connectivity index (χ4n) is 2.97. The molecule has 6 heteroatoms. The molecule has 0 spiro atoms. The molecule has 1 aromatic rings. The molecule has 2 rings (SSSR count). The molecular weight excluding hydrogens is 301 g/mol. The van der Waals surface area contributed by atoms with Crippen molar-refractivity contribution in [2.75, 3.05) is 26.9 Å². The van der Waals surface area contributed by atoms with E-state index in [1.807, 2.05) is 0 Å². The number of rotatable bonds is 7. The maximum absolute atomic E-state index is 13.1. The quantitative estimate of drug-likeness (QED) is 0.615. The van der Waals surface area contributed by atoms with Gasteiger partial charge in [0.2, 0.25) is 0 Å². The van der Waals surface area contributed by atoms with E-state index < -0.39 is 11.4 Å². The first-order valence-corrected chi connectivity index (χ1v) is 7.77. The summed E-state index contributed by atoms with van der Waals surface area (Å²) < 4.78 is 23.2. The minimum Gasteiger partial charge on any atom is -0.455 e. The number of nitrogens with one attached hydrogen (secondary N) is 1. The van der Waals surface area contributed by atoms with Gasteiger partial charge in [0.1, 0.15) is 5.82 Å². The normalized spacial score (nSPS) is 16.1. The first-order chi connectivity index (χ1) is 11.1. The Morgan fingerprint density at radius 1 is 1.22 bits per heavy atom. The van der Waals surface area contributed by atoms with E-state index in [2.05, 4.69) is 5.32 Å². The van der Waals surface area contributed by atoms with Crippen LogP contribution in [0.25, 0.3) is 0 Å². The van der Waals surface area contributed by atoms with Crippen LogP contribution in [0, 0.1) is 5.82 Å². The molecule has 5 nitrogen and oxygen atoms in total. The highest BCUT2D eigenvalue weighted by Gasteiger charge is 2.44. The number of halogens is 1. The molecule has 1 saturated carbocycles. The third kappa shape index (κ3) is 4.28. The monoisotopic (exact) mass is 323 g/mol. The summed E-state index contributed by atoms with van der Waals surface area (Å²) in [4.78, 5) is 24.2. The lowest BCUT2D eigenvalue weighted by Crippen LogP contribution is -2.38. The predicted octanol–water partition coefficient (Wildman–Crippen LogP) is 1.94. The zero-order valence-corrected chi connectivity index (χ0v) is 13.3. The Balaban J connectivity index is 1.99. The molecule has 0 atom stereocenters. The summed E-state index contributed by atoms with van der Waals surface area (Å²) in [6.45, 7) is 0.459. The van der Waals surface area contributed by atoms with Crippen molar-refractivity contribution in [3.63, 3.8) is 0 Å². The smallest absolute Gasteiger partial charge is 0.317 e. The molecule has 0 heterocycles. The van der Waals surface area contributed by atoms with Crippen molar-refractivity contribution >= 4 is 11.9 Å². The second-order valence-corrected chi connectivity index (χ2v) is 5.71. The molecule has 0 unspecified atom stereocenters. The molecule has 0 saturated heterocycles. The molecule has 1 aliphatic rings. The molecule has 0 aliphatic heterocycles. The predicted molar refractivity (Wildman–Crippen MR) is 82.4 cm³/mol. The summed E-state index contributed by atoms with van der Waals surface area (Å²) in [6.07, 6.45) is 3.13. The highest BCUT2D eigenvalue weighted by Crippen LogP contribution is 2.42. The molecule has 0 bridgehead atoms. The number of benzene rings is 1. The first kappa shape index (κ1) is 17.4. The second kappa shape index (κ2) is 8.06. The average Bonchev–Trinajstić information content (AvgIpc) is 3.04. The summed E-state index contributed by atoms with van der Waals surface area (Å²) in [5, 5.41) is 2.60. The van der Waals surface area contributed by atoms with Crippen LogP contribution in [0.3, 0.4) is 0 Å². The summed E-state index contributed by atoms with van der Waals surface area (Å²) in [5.74, 6) is -1.11. The van der Waals surface area contributed by atoms with Crippen molar-refractivity contribution in [1.29, 1.82) is 0 Å². The number of methoxy groups -OCH3 is 1. The number of hydrogen-bond acceptors (Lipinski definition) is 4. The number of carbonyl (C=O) groups excluding carboxylic acids is 2. The largest absolute Gasteiger partial charge is 0.455 e. The Labute approximate surface area is 135 Å². The number of esters is 1. The number of ether oxygens (including phenoxy) is 2. The Bertz CT molecular complexity index is 538. The second-order valence-electron chi connectivity index (χ2n) is 5.71. The highest BCUT2D eigenvalue weighted by atomic mass is 19.1. The van der Waals surface area contributed by atoms with E-state index in [-0.39, 0.29) is 18.3 Å². The molecular formula is C17H22FNO4. The van der Waals surface area contributed by atoms with Crippen molar-refractivity contribution in [3.05, 3.63) is 35.6 Å². The van der Waals surface area contributed by atoms with Crippen LogP contribution in [0.2, 0.25) is 0 Å². The first-order valence-electron chi connectivity index (χ1n) is 7.77. The van der Waals surface area contributed by atoms with Gasteiger partial charge in [-0.25, -0.2) is 4.39 Å². The van der Waals surface area contributed by atoms with E-state index in [0.29, 0.717) is 26.0 Å². The van der Waals surface area contributed by atoms with Gasteiger partial charge in [0, 0.05) is 13.7 Å². The molecule has 1 aliphatic carbocycles. The van der Waals surface area contributed by atoms with E-state index in [0.717, 1.165) is 18.4 Å². The molecule has 1 fully saturated rings. The van der Waals surface area contributed by atoms with Gasteiger partial charge in [-0.1, -0.05) is 25.0 Å². The minimum atomic E-state index is -0.763. The van der Waals surface area contributed by atoms with Crippen LogP contribution in [0.1, 0.15) is 31.2 Å². The standard InChI is InChI=1S/C17H22FNO4/c1-22-11-10-19-15(20)12-23-16(21)17(8-2-3-9-17)13-4-6-14(18)7-5-13/h4-7H,2-3,8-12H2,1H3,(H,19,20). The Hall–Kier alpha value is -1.95. The fourth-order valence-corrected chi connectivity index (χ4v) is 2.97. The maximum atomic E-state index is 13.1. The molecule has 1 amide bonds. The van der Waals surface area contributed by atoms with Gasteiger partial charge in [-0.05, 0) is 30.5 Å². The van der Waals surface area contributed by atoms with E-state index in [1.165, 1.54) is 12.1 Å². The van der Waals surface area contributed by atoms with Gasteiger partial charge in [-0.15, -0.1) is 0 Å². The van der Waals surface area contributed by atoms with Gasteiger partial charge < -0.3 is 14.8 Å². The van der Waals surface area contributed by atoms with Crippen LogP contribution in [-0.4, -0.2) is 38.7 Å². The van der Waals surface area contributed by atoms with Crippen LogP contribution in [-0.2, 0) is 24.5 Å². The summed E-state index contributed by atoms with van der Waals surface area (Å²) in [5.41, 5.74) is -0.0123. The van der Waals surface area contributed by atoms with Gasteiger partial charge in [0.25, 0.3) is 5.91 Å². The lowest BCUT2D eigenvalue weighted by atomic mass is 9.79. The molecule has 1 aromatic carbocycles. The van der Waals surface area contributed by atoms with Gasteiger partial charge in [0.15, 0.2) is 6.61 Å². The molecule has 0 radical (unpaired) electrons. The SMILES string of the molecule is COCCNC(=O)COC(=O)C1(c2ccc(F)cc2)CCCC1. The molecule has 23 heavy (non-hydrogen) atoms. The van der Waals surface area contributed by atoms with Crippen molar-refractivity contribution in [1.82, 2.24) is 5.32 Å². The number of carbonyl (C=O) groups is 2. The van der Waals surface area contributed by atoms with Gasteiger partial charge in [0.05, 0.1) is 12.0 Å². The third-order valence-electron chi connectivity index (χ3n) is 4.21. The van der Waals surface area contributed by atoms with Crippen molar-refractivity contribution < 1.29 is 23.5 Å². The van der Waals surface area contributed by atoms with Crippen LogP contribution in [0.5, 0.6) is 0 Å². The van der Waals surface area contributed by atoms with Gasteiger partial charge in [-0.2, -0.15) is 0 Å².